The Morgan fingerprint density at radius 2 is 2.35 bits per heavy atom. The third kappa shape index (κ3) is 3.03. The highest BCUT2D eigenvalue weighted by Crippen LogP contribution is 2.17. The molecule has 0 amide bonds. The Balaban J connectivity index is 1.98. The second kappa shape index (κ2) is 5.27. The van der Waals surface area contributed by atoms with Gasteiger partial charge in [-0.3, -0.25) is 10.1 Å². The summed E-state index contributed by atoms with van der Waals surface area (Å²) in [6.07, 6.45) is 1.82. The molecule has 1 aliphatic heterocycles. The summed E-state index contributed by atoms with van der Waals surface area (Å²) in [5.41, 5.74) is 1.01. The lowest BCUT2D eigenvalue weighted by Gasteiger charge is -2.20. The van der Waals surface area contributed by atoms with Crippen molar-refractivity contribution < 1.29 is 9.04 Å². The highest BCUT2D eigenvalue weighted by molar-refractivity contribution is 5.32. The lowest BCUT2D eigenvalue weighted by atomic mass is 10.1. The minimum absolute atomic E-state index is 0.0250. The monoisotopic (exact) mass is 237 g/mol. The molecule has 0 unspecified atom stereocenters. The van der Waals surface area contributed by atoms with E-state index in [4.69, 9.17) is 4.11 Å². The maximum atomic E-state index is 10.6. The lowest BCUT2D eigenvalue weighted by Crippen LogP contribution is -2.28. The van der Waals surface area contributed by atoms with Gasteiger partial charge in [-0.25, -0.2) is 0 Å². The number of likely N-dealkylation sites (tertiary alicyclic amines) is 1. The Morgan fingerprint density at radius 1 is 1.59 bits per heavy atom. The van der Waals surface area contributed by atoms with Gasteiger partial charge in [-0.1, -0.05) is 12.1 Å². The molecule has 1 aromatic carbocycles. The van der Waals surface area contributed by atoms with Gasteiger partial charge >= 0.3 is 0 Å². The van der Waals surface area contributed by atoms with Gasteiger partial charge in [0.1, 0.15) is 0 Å². The number of nitro groups is 1. The highest BCUT2D eigenvalue weighted by Gasteiger charge is 2.19. The Morgan fingerprint density at radius 3 is 3.00 bits per heavy atom. The molecule has 0 spiro atoms. The Labute approximate surface area is 106 Å². The van der Waals surface area contributed by atoms with E-state index in [9.17, 15) is 10.1 Å². The minimum Gasteiger partial charge on any atom is -0.300 e. The highest BCUT2D eigenvalue weighted by atomic mass is 16.6. The van der Waals surface area contributed by atoms with Crippen LogP contribution in [0, 0.1) is 10.1 Å². The van der Waals surface area contributed by atoms with Crippen LogP contribution in [0.3, 0.4) is 0 Å². The summed E-state index contributed by atoms with van der Waals surface area (Å²) in [6.45, 7) is -0.597. The molecule has 0 N–H and O–H groups in total. The minimum atomic E-state index is -1.34. The van der Waals surface area contributed by atoms with Crippen LogP contribution in [0.5, 0.6) is 0 Å². The summed E-state index contributed by atoms with van der Waals surface area (Å²) in [6, 6.07) is 6.33. The van der Waals surface area contributed by atoms with Crippen molar-refractivity contribution in [2.24, 2.45) is 0 Å². The maximum Gasteiger partial charge on any atom is 0.269 e. The molecule has 1 atom stereocenters. The molecule has 4 heteroatoms. The average Bonchev–Trinajstić information content (AvgIpc) is 2.71. The molecular weight excluding hydrogens is 216 g/mol. The van der Waals surface area contributed by atoms with E-state index in [2.05, 4.69) is 0 Å². The first kappa shape index (κ1) is 8.64. The van der Waals surface area contributed by atoms with Crippen LogP contribution < -0.4 is 0 Å². The summed E-state index contributed by atoms with van der Waals surface area (Å²) in [5, 5.41) is 10.6. The topological polar surface area (TPSA) is 46.4 Å². The van der Waals surface area contributed by atoms with Crippen molar-refractivity contribution in [3.05, 3.63) is 39.9 Å². The second-order valence-corrected chi connectivity index (χ2v) is 4.22. The van der Waals surface area contributed by atoms with Crippen molar-refractivity contribution >= 4 is 5.69 Å². The van der Waals surface area contributed by atoms with Gasteiger partial charge in [0.2, 0.25) is 0 Å². The van der Waals surface area contributed by atoms with Gasteiger partial charge in [0.25, 0.3) is 5.69 Å². The molecule has 1 aromatic rings. The zero-order valence-corrected chi connectivity index (χ0v) is 9.63. The van der Waals surface area contributed by atoms with Crippen molar-refractivity contribution in [1.82, 2.24) is 4.90 Å². The van der Waals surface area contributed by atoms with Gasteiger partial charge in [0, 0.05) is 28.8 Å². The fourth-order valence-corrected chi connectivity index (χ4v) is 1.96. The number of benzene rings is 1. The number of hydrogen-bond donors (Lipinski definition) is 0. The quantitative estimate of drug-likeness (QED) is 0.597. The predicted octanol–water partition coefficient (Wildman–Crippen LogP) is 2.62. The first-order valence-corrected chi connectivity index (χ1v) is 5.73. The van der Waals surface area contributed by atoms with Crippen molar-refractivity contribution in [2.75, 3.05) is 13.0 Å². The van der Waals surface area contributed by atoms with E-state index >= 15 is 0 Å². The molecule has 0 bridgehead atoms. The van der Waals surface area contributed by atoms with Crippen LogP contribution in [0.4, 0.5) is 5.69 Å². The van der Waals surface area contributed by atoms with Gasteiger partial charge in [0.05, 0.1) is 4.92 Å². The molecule has 2 rings (SSSR count). The van der Waals surface area contributed by atoms with Crippen LogP contribution in [-0.4, -0.2) is 28.9 Å². The summed E-state index contributed by atoms with van der Waals surface area (Å²) in [7, 11) is 0. The third-order valence-corrected chi connectivity index (χ3v) is 3.02. The zero-order chi connectivity index (χ0) is 14.8. The molecular formula is C13H18N2O2. The lowest BCUT2D eigenvalue weighted by molar-refractivity contribution is -0.384. The summed E-state index contributed by atoms with van der Waals surface area (Å²) in [4.78, 5) is 11.9. The van der Waals surface area contributed by atoms with Gasteiger partial charge < -0.3 is 4.90 Å². The van der Waals surface area contributed by atoms with E-state index < -0.39 is 11.4 Å². The fraction of sp³-hybridized carbons (Fsp3) is 0.538. The maximum absolute atomic E-state index is 10.6. The first-order valence-electron chi connectivity index (χ1n) is 7.44. The molecule has 1 heterocycles. The fourth-order valence-electron chi connectivity index (χ4n) is 1.96. The molecule has 17 heavy (non-hydrogen) atoms. The molecule has 0 aromatic heterocycles. The molecule has 1 fully saturated rings. The van der Waals surface area contributed by atoms with E-state index in [1.165, 1.54) is 12.1 Å². The molecule has 0 saturated carbocycles. The SMILES string of the molecule is [2H]C[C@@H]1CCC([2H])([2H])N1CCc1ccc([N+](=O)[O-])cc1. The molecule has 0 radical (unpaired) electrons. The van der Waals surface area contributed by atoms with Gasteiger partial charge in [-0.2, -0.15) is 0 Å². The van der Waals surface area contributed by atoms with E-state index in [0.717, 1.165) is 12.0 Å². The van der Waals surface area contributed by atoms with Crippen LogP contribution >= 0.6 is 0 Å². The molecule has 92 valence electrons. The van der Waals surface area contributed by atoms with Gasteiger partial charge in [-0.05, 0) is 38.2 Å². The van der Waals surface area contributed by atoms with Crippen LogP contribution in [-0.2, 0) is 6.42 Å². The van der Waals surface area contributed by atoms with E-state index in [1.807, 2.05) is 0 Å². The second-order valence-electron chi connectivity index (χ2n) is 4.22. The molecule has 1 saturated heterocycles. The Kier molecular flexibility index (Phi) is 2.68. The zero-order valence-electron chi connectivity index (χ0n) is 12.6. The van der Waals surface area contributed by atoms with E-state index in [1.54, 1.807) is 17.0 Å². The smallest absolute Gasteiger partial charge is 0.269 e. The normalized spacial score (nSPS) is 26.1. The number of non-ortho nitro benzene ring substituents is 1. The van der Waals surface area contributed by atoms with Crippen LogP contribution in [0.15, 0.2) is 24.3 Å². The summed E-state index contributed by atoms with van der Waals surface area (Å²) in [5.74, 6) is 0. The van der Waals surface area contributed by atoms with Crippen LogP contribution in [0.25, 0.3) is 0 Å². The third-order valence-electron chi connectivity index (χ3n) is 3.02. The van der Waals surface area contributed by atoms with Gasteiger partial charge in [0.15, 0.2) is 0 Å². The van der Waals surface area contributed by atoms with Crippen molar-refractivity contribution in [3.63, 3.8) is 0 Å². The summed E-state index contributed by atoms with van der Waals surface area (Å²) < 4.78 is 23.4. The van der Waals surface area contributed by atoms with Crippen molar-refractivity contribution in [3.8, 4) is 0 Å². The van der Waals surface area contributed by atoms with Crippen molar-refractivity contribution in [1.29, 1.82) is 0 Å². The van der Waals surface area contributed by atoms with E-state index in [0.29, 0.717) is 19.4 Å². The number of nitro benzene ring substituents is 1. The number of hydrogen-bond acceptors (Lipinski definition) is 3. The average molecular weight is 237 g/mol. The molecule has 0 aliphatic carbocycles. The van der Waals surface area contributed by atoms with Gasteiger partial charge in [-0.15, -0.1) is 0 Å². The number of nitrogens with zero attached hydrogens (tertiary/aromatic N) is 2. The number of rotatable bonds is 4. The summed E-state index contributed by atoms with van der Waals surface area (Å²) >= 11 is 0. The standard InChI is InChI=1S/C13H18N2O2/c1-11-3-2-9-14(11)10-8-12-4-6-13(7-5-12)15(16)17/h4-7,11H,2-3,8-10H2,1H3/t11-/m1/s1/i1D,9D2. The predicted molar refractivity (Wildman–Crippen MR) is 67.1 cm³/mol. The molecule has 1 aliphatic rings. The Bertz CT molecular complexity index is 479. The van der Waals surface area contributed by atoms with Crippen molar-refractivity contribution in [2.45, 2.75) is 32.2 Å². The van der Waals surface area contributed by atoms with Crippen LogP contribution in [0.2, 0.25) is 0 Å². The first-order chi connectivity index (χ1) is 9.44. The van der Waals surface area contributed by atoms with E-state index in [-0.39, 0.29) is 18.6 Å². The Hall–Kier alpha value is -1.42. The largest absolute Gasteiger partial charge is 0.300 e. The van der Waals surface area contributed by atoms with Crippen LogP contribution in [0.1, 0.15) is 29.4 Å². The molecule has 4 nitrogen and oxygen atoms in total.